The third kappa shape index (κ3) is 4.27. The van der Waals surface area contributed by atoms with Gasteiger partial charge in [-0.15, -0.1) is 0 Å². The van der Waals surface area contributed by atoms with Crippen LogP contribution in [0.1, 0.15) is 60.0 Å². The monoisotopic (exact) mass is 491 g/mol. The summed E-state index contributed by atoms with van der Waals surface area (Å²) < 4.78 is 15.2. The highest BCUT2D eigenvalue weighted by molar-refractivity contribution is 14.1. The van der Waals surface area contributed by atoms with Crippen molar-refractivity contribution < 1.29 is 9.18 Å². The van der Waals surface area contributed by atoms with E-state index in [1.807, 2.05) is 11.0 Å². The van der Waals surface area contributed by atoms with E-state index in [1.165, 1.54) is 49.3 Å². The molecule has 2 aromatic carbocycles. The molecule has 0 bridgehead atoms. The summed E-state index contributed by atoms with van der Waals surface area (Å²) in [4.78, 5) is 15.5. The summed E-state index contributed by atoms with van der Waals surface area (Å²) in [7, 11) is 0. The Morgan fingerprint density at radius 3 is 2.32 bits per heavy atom. The predicted molar refractivity (Wildman–Crippen MR) is 119 cm³/mol. The average molecular weight is 491 g/mol. The summed E-state index contributed by atoms with van der Waals surface area (Å²) in [6, 6.07) is 13.5. The minimum Gasteiger partial charge on any atom is -0.335 e. The lowest BCUT2D eigenvalue weighted by Crippen LogP contribution is -2.43. The highest BCUT2D eigenvalue weighted by Crippen LogP contribution is 2.31. The van der Waals surface area contributed by atoms with Gasteiger partial charge in [-0.1, -0.05) is 62.4 Å². The first-order valence-electron chi connectivity index (χ1n) is 10.4. The molecule has 1 saturated carbocycles. The number of hydrogen-bond donors (Lipinski definition) is 0. The van der Waals surface area contributed by atoms with Crippen LogP contribution in [0.15, 0.2) is 42.5 Å². The van der Waals surface area contributed by atoms with Crippen molar-refractivity contribution in [2.24, 2.45) is 5.92 Å². The van der Waals surface area contributed by atoms with Crippen LogP contribution in [-0.4, -0.2) is 23.4 Å². The number of benzene rings is 2. The second-order valence-electron chi connectivity index (χ2n) is 8.22. The van der Waals surface area contributed by atoms with Crippen LogP contribution in [0.2, 0.25) is 0 Å². The Morgan fingerprint density at radius 2 is 1.68 bits per heavy atom. The van der Waals surface area contributed by atoms with Crippen molar-refractivity contribution in [3.05, 3.63) is 68.5 Å². The maximum Gasteiger partial charge on any atom is 0.258 e. The Morgan fingerprint density at radius 1 is 1.00 bits per heavy atom. The standard InChI is InChI=1S/C24H27FINO/c25-21-11-6-12-22(26)23(21)24(28)27(14-13-17-7-2-1-3-8-17)20-15-18-9-4-5-10-19(18)16-20/h4-6,9-12,17,20H,1-3,7-8,13-16H2. The van der Waals surface area contributed by atoms with Crippen LogP contribution < -0.4 is 0 Å². The maximum atomic E-state index is 14.6. The zero-order valence-corrected chi connectivity index (χ0v) is 18.3. The molecule has 28 heavy (non-hydrogen) atoms. The van der Waals surface area contributed by atoms with E-state index in [-0.39, 0.29) is 17.5 Å². The number of hydrogen-bond acceptors (Lipinski definition) is 1. The molecule has 148 valence electrons. The topological polar surface area (TPSA) is 20.3 Å². The van der Waals surface area contributed by atoms with Gasteiger partial charge in [0.25, 0.3) is 5.91 Å². The molecule has 2 aromatic rings. The fraction of sp³-hybridized carbons (Fsp3) is 0.458. The Bertz CT molecular complexity index is 801. The van der Waals surface area contributed by atoms with Crippen molar-refractivity contribution in [3.63, 3.8) is 0 Å². The fourth-order valence-electron chi connectivity index (χ4n) is 4.85. The van der Waals surface area contributed by atoms with E-state index in [1.54, 1.807) is 6.07 Å². The summed E-state index contributed by atoms with van der Waals surface area (Å²) in [5.74, 6) is 0.152. The van der Waals surface area contributed by atoms with E-state index >= 15 is 0 Å². The van der Waals surface area contributed by atoms with Crippen molar-refractivity contribution in [3.8, 4) is 0 Å². The largest absolute Gasteiger partial charge is 0.335 e. The van der Waals surface area contributed by atoms with Crippen molar-refractivity contribution in [2.45, 2.75) is 57.4 Å². The summed E-state index contributed by atoms with van der Waals surface area (Å²) in [5, 5.41) is 0. The highest BCUT2D eigenvalue weighted by Gasteiger charge is 2.32. The van der Waals surface area contributed by atoms with Crippen LogP contribution >= 0.6 is 22.6 Å². The molecule has 0 aliphatic heterocycles. The number of carbonyl (C=O) groups is 1. The molecule has 0 N–H and O–H groups in total. The average Bonchev–Trinajstić information content (AvgIpc) is 3.12. The Balaban J connectivity index is 1.57. The van der Waals surface area contributed by atoms with Crippen molar-refractivity contribution in [1.29, 1.82) is 0 Å². The number of rotatable bonds is 5. The Hall–Kier alpha value is -1.43. The lowest BCUT2D eigenvalue weighted by atomic mass is 9.87. The van der Waals surface area contributed by atoms with Gasteiger partial charge in [0.05, 0.1) is 5.56 Å². The zero-order chi connectivity index (χ0) is 19.5. The third-order valence-corrected chi connectivity index (χ3v) is 7.31. The summed E-state index contributed by atoms with van der Waals surface area (Å²) in [6.07, 6.45) is 9.26. The van der Waals surface area contributed by atoms with Crippen molar-refractivity contribution >= 4 is 28.5 Å². The number of nitrogens with zero attached hydrogens (tertiary/aromatic N) is 1. The normalized spacial score (nSPS) is 17.5. The minimum atomic E-state index is -0.407. The highest BCUT2D eigenvalue weighted by atomic mass is 127. The third-order valence-electron chi connectivity index (χ3n) is 6.41. The first kappa shape index (κ1) is 19.9. The van der Waals surface area contributed by atoms with E-state index < -0.39 is 5.82 Å². The molecule has 2 aliphatic rings. The van der Waals surface area contributed by atoms with Gasteiger partial charge in [0.2, 0.25) is 0 Å². The van der Waals surface area contributed by atoms with E-state index in [0.717, 1.165) is 25.8 Å². The number of amides is 1. The van der Waals surface area contributed by atoms with Crippen molar-refractivity contribution in [1.82, 2.24) is 4.90 Å². The zero-order valence-electron chi connectivity index (χ0n) is 16.2. The number of halogens is 2. The van der Waals surface area contributed by atoms with Gasteiger partial charge < -0.3 is 4.90 Å². The molecule has 0 saturated heterocycles. The molecule has 2 aliphatic carbocycles. The van der Waals surface area contributed by atoms with Gasteiger partial charge in [-0.05, 0) is 71.0 Å². The molecule has 1 fully saturated rings. The van der Waals surface area contributed by atoms with Gasteiger partial charge >= 0.3 is 0 Å². The molecule has 0 unspecified atom stereocenters. The second kappa shape index (κ2) is 8.93. The predicted octanol–water partition coefficient (Wildman–Crippen LogP) is 6.01. The van der Waals surface area contributed by atoms with Crippen LogP contribution in [-0.2, 0) is 12.8 Å². The molecule has 1 amide bonds. The molecular weight excluding hydrogens is 464 g/mol. The Kier molecular flexibility index (Phi) is 6.34. The van der Waals surface area contributed by atoms with Crippen LogP contribution in [0.5, 0.6) is 0 Å². The van der Waals surface area contributed by atoms with Gasteiger partial charge in [-0.25, -0.2) is 4.39 Å². The number of fused-ring (bicyclic) bond motifs is 1. The Labute approximate surface area is 180 Å². The maximum absolute atomic E-state index is 14.6. The van der Waals surface area contributed by atoms with E-state index in [2.05, 4.69) is 46.9 Å². The lowest BCUT2D eigenvalue weighted by molar-refractivity contribution is 0.0661. The summed E-state index contributed by atoms with van der Waals surface area (Å²) in [5.41, 5.74) is 2.89. The van der Waals surface area contributed by atoms with Gasteiger partial charge in [-0.2, -0.15) is 0 Å². The van der Waals surface area contributed by atoms with Crippen LogP contribution in [0.4, 0.5) is 4.39 Å². The first-order valence-corrected chi connectivity index (χ1v) is 11.5. The van der Waals surface area contributed by atoms with Gasteiger partial charge in [0, 0.05) is 16.2 Å². The molecule has 4 heteroatoms. The molecule has 0 atom stereocenters. The van der Waals surface area contributed by atoms with Gasteiger partial charge in [0.1, 0.15) is 5.82 Å². The van der Waals surface area contributed by atoms with Gasteiger partial charge in [-0.3, -0.25) is 4.79 Å². The quantitative estimate of drug-likeness (QED) is 0.470. The fourth-order valence-corrected chi connectivity index (χ4v) is 5.55. The van der Waals surface area contributed by atoms with Crippen molar-refractivity contribution in [2.75, 3.05) is 6.54 Å². The smallest absolute Gasteiger partial charge is 0.258 e. The van der Waals surface area contributed by atoms with Crippen LogP contribution in [0.3, 0.4) is 0 Å². The molecule has 0 heterocycles. The summed E-state index contributed by atoms with van der Waals surface area (Å²) >= 11 is 2.08. The first-order chi connectivity index (χ1) is 13.6. The van der Waals surface area contributed by atoms with E-state index in [4.69, 9.17) is 0 Å². The molecule has 0 radical (unpaired) electrons. The SMILES string of the molecule is O=C(c1c(F)cccc1I)N(CCC1CCCCC1)C1Cc2ccccc2C1. The summed E-state index contributed by atoms with van der Waals surface area (Å²) in [6.45, 7) is 0.729. The van der Waals surface area contributed by atoms with Crippen LogP contribution in [0.25, 0.3) is 0 Å². The number of carbonyl (C=O) groups excluding carboxylic acids is 1. The van der Waals surface area contributed by atoms with E-state index in [9.17, 15) is 9.18 Å². The molecule has 4 rings (SSSR count). The molecule has 2 nitrogen and oxygen atoms in total. The van der Waals surface area contributed by atoms with Crippen LogP contribution in [0, 0.1) is 15.3 Å². The molecule has 0 aromatic heterocycles. The lowest BCUT2D eigenvalue weighted by Gasteiger charge is -2.32. The second-order valence-corrected chi connectivity index (χ2v) is 9.38. The minimum absolute atomic E-state index is 0.129. The van der Waals surface area contributed by atoms with Gasteiger partial charge in [0.15, 0.2) is 0 Å². The molecular formula is C24H27FINO. The van der Waals surface area contributed by atoms with E-state index in [0.29, 0.717) is 9.49 Å². The molecule has 0 spiro atoms.